The fourth-order valence-electron chi connectivity index (χ4n) is 1.88. The van der Waals surface area contributed by atoms with Crippen molar-refractivity contribution in [2.45, 2.75) is 19.9 Å². The van der Waals surface area contributed by atoms with Crippen molar-refractivity contribution in [2.24, 2.45) is 0 Å². The molecule has 1 heterocycles. The first-order chi connectivity index (χ1) is 10.3. The predicted molar refractivity (Wildman–Crippen MR) is 82.8 cm³/mol. The second-order valence-electron chi connectivity index (χ2n) is 4.65. The monoisotopic (exact) mass is 368 g/mol. The van der Waals surface area contributed by atoms with Crippen LogP contribution in [0.25, 0.3) is 0 Å². The smallest absolute Gasteiger partial charge is 0.271 e. The number of benzene rings is 1. The van der Waals surface area contributed by atoms with Gasteiger partial charge in [-0.05, 0) is 35.8 Å². The number of phenols is 1. The maximum atomic E-state index is 12.2. The molecular weight excluding hydrogens is 356 g/mol. The van der Waals surface area contributed by atoms with Crippen LogP contribution in [0.15, 0.2) is 28.9 Å². The minimum absolute atomic E-state index is 0.0186. The molecule has 0 bridgehead atoms. The van der Waals surface area contributed by atoms with E-state index >= 15 is 0 Å². The zero-order chi connectivity index (χ0) is 16.4. The van der Waals surface area contributed by atoms with Crippen LogP contribution in [0.5, 0.6) is 5.75 Å². The second-order valence-corrected chi connectivity index (χ2v) is 5.50. The van der Waals surface area contributed by atoms with Gasteiger partial charge in [-0.15, -0.1) is 0 Å². The Morgan fingerprint density at radius 2 is 2.23 bits per heavy atom. The topological polar surface area (TPSA) is 110 Å². The van der Waals surface area contributed by atoms with Gasteiger partial charge >= 0.3 is 0 Å². The lowest BCUT2D eigenvalue weighted by Crippen LogP contribution is -2.25. The van der Waals surface area contributed by atoms with E-state index in [2.05, 4.69) is 26.3 Å². The number of anilines is 1. The van der Waals surface area contributed by atoms with Gasteiger partial charge in [-0.3, -0.25) is 19.6 Å². The molecule has 2 rings (SSSR count). The van der Waals surface area contributed by atoms with Gasteiger partial charge in [0.15, 0.2) is 0 Å². The number of non-ortho nitro benzene ring substituents is 1. The number of hydrogen-bond acceptors (Lipinski definition) is 5. The summed E-state index contributed by atoms with van der Waals surface area (Å²) in [4.78, 5) is 22.4. The van der Waals surface area contributed by atoms with Crippen LogP contribution in [0.2, 0.25) is 0 Å². The zero-order valence-electron chi connectivity index (χ0n) is 11.8. The van der Waals surface area contributed by atoms with Crippen molar-refractivity contribution in [1.29, 1.82) is 0 Å². The van der Waals surface area contributed by atoms with E-state index in [4.69, 9.17) is 0 Å². The Kier molecular flexibility index (Phi) is 4.45. The van der Waals surface area contributed by atoms with Crippen LogP contribution in [0, 0.1) is 17.0 Å². The van der Waals surface area contributed by atoms with E-state index in [0.717, 1.165) is 28.4 Å². The summed E-state index contributed by atoms with van der Waals surface area (Å²) in [5.41, 5.74) is 0.527. The van der Waals surface area contributed by atoms with Crippen LogP contribution in [-0.4, -0.2) is 25.7 Å². The third-order valence-corrected chi connectivity index (χ3v) is 3.96. The van der Waals surface area contributed by atoms with E-state index in [9.17, 15) is 20.0 Å². The molecule has 0 aliphatic rings. The first-order valence-electron chi connectivity index (χ1n) is 6.29. The molecule has 1 unspecified atom stereocenters. The fourth-order valence-corrected chi connectivity index (χ4v) is 2.15. The van der Waals surface area contributed by atoms with E-state index in [1.807, 2.05) is 0 Å². The van der Waals surface area contributed by atoms with Gasteiger partial charge in [0.25, 0.3) is 5.69 Å². The molecule has 0 aliphatic heterocycles. The quantitative estimate of drug-likeness (QED) is 0.489. The first kappa shape index (κ1) is 16.0. The van der Waals surface area contributed by atoms with Crippen molar-refractivity contribution in [2.75, 3.05) is 5.32 Å². The van der Waals surface area contributed by atoms with E-state index < -0.39 is 16.9 Å². The largest absolute Gasteiger partial charge is 0.506 e. The number of amides is 1. The number of rotatable bonds is 4. The summed E-state index contributed by atoms with van der Waals surface area (Å²) < 4.78 is 2.28. The van der Waals surface area contributed by atoms with Gasteiger partial charge in [0.2, 0.25) is 5.91 Å². The number of halogens is 1. The first-order valence-corrected chi connectivity index (χ1v) is 7.08. The molecule has 0 saturated heterocycles. The molecule has 1 atom stereocenters. The summed E-state index contributed by atoms with van der Waals surface area (Å²) in [6.07, 6.45) is 1.57. The highest BCUT2D eigenvalue weighted by Gasteiger charge is 2.20. The van der Waals surface area contributed by atoms with Crippen LogP contribution in [-0.2, 0) is 4.79 Å². The Morgan fingerprint density at radius 1 is 1.55 bits per heavy atom. The number of nitro groups is 1. The number of hydrogen-bond donors (Lipinski definition) is 2. The minimum atomic E-state index is -0.648. The fraction of sp³-hybridized carbons (Fsp3) is 0.231. The number of aromatic hydroxyl groups is 1. The van der Waals surface area contributed by atoms with Crippen LogP contribution >= 0.6 is 15.9 Å². The zero-order valence-corrected chi connectivity index (χ0v) is 13.4. The highest BCUT2D eigenvalue weighted by atomic mass is 79.9. The molecule has 1 amide bonds. The molecule has 116 valence electrons. The maximum absolute atomic E-state index is 12.2. The third kappa shape index (κ3) is 3.08. The Morgan fingerprint density at radius 3 is 2.77 bits per heavy atom. The van der Waals surface area contributed by atoms with E-state index in [1.54, 1.807) is 20.0 Å². The summed E-state index contributed by atoms with van der Waals surface area (Å²) in [5.74, 6) is -0.695. The number of carbonyl (C=O) groups is 1. The van der Waals surface area contributed by atoms with Gasteiger partial charge in [-0.1, -0.05) is 0 Å². The molecule has 0 saturated carbocycles. The van der Waals surface area contributed by atoms with Crippen molar-refractivity contribution >= 4 is 33.2 Å². The van der Waals surface area contributed by atoms with Gasteiger partial charge in [0.1, 0.15) is 11.8 Å². The Bertz CT molecular complexity index is 744. The average molecular weight is 369 g/mol. The molecular formula is C13H13BrN4O4. The van der Waals surface area contributed by atoms with Gasteiger partial charge in [-0.2, -0.15) is 5.10 Å². The molecule has 0 radical (unpaired) electrons. The summed E-state index contributed by atoms with van der Waals surface area (Å²) >= 11 is 3.31. The van der Waals surface area contributed by atoms with Gasteiger partial charge in [-0.25, -0.2) is 0 Å². The second kappa shape index (κ2) is 6.14. The van der Waals surface area contributed by atoms with Crippen LogP contribution in [0.4, 0.5) is 11.4 Å². The number of nitrogens with zero attached hydrogens (tertiary/aromatic N) is 3. The Labute approximate surface area is 134 Å². The maximum Gasteiger partial charge on any atom is 0.271 e. The lowest BCUT2D eigenvalue weighted by atomic mass is 10.2. The van der Waals surface area contributed by atoms with Crippen molar-refractivity contribution in [3.05, 3.63) is 44.7 Å². The highest BCUT2D eigenvalue weighted by molar-refractivity contribution is 9.10. The van der Waals surface area contributed by atoms with Crippen molar-refractivity contribution < 1.29 is 14.8 Å². The molecule has 22 heavy (non-hydrogen) atoms. The molecule has 1 aromatic carbocycles. The lowest BCUT2D eigenvalue weighted by Gasteiger charge is -2.15. The average Bonchev–Trinajstić information content (AvgIpc) is 2.80. The number of nitrogens with one attached hydrogen (secondary N) is 1. The Hall–Kier alpha value is -2.42. The molecule has 0 spiro atoms. The summed E-state index contributed by atoms with van der Waals surface area (Å²) in [6.45, 7) is 3.43. The van der Waals surface area contributed by atoms with E-state index in [0.29, 0.717) is 0 Å². The van der Waals surface area contributed by atoms with Crippen molar-refractivity contribution in [3.8, 4) is 5.75 Å². The number of nitro benzene ring substituents is 1. The number of aromatic nitrogens is 2. The third-order valence-electron chi connectivity index (χ3n) is 3.18. The molecule has 0 aliphatic carbocycles. The standard InChI is InChI=1S/C13H13BrN4O4/c1-7-10(14)6-15-17(7)8(2)13(20)16-11-5-9(18(21)22)3-4-12(11)19/h3-6,8,19H,1-2H3,(H,16,20). The summed E-state index contributed by atoms with van der Waals surface area (Å²) in [7, 11) is 0. The molecule has 2 aromatic rings. The van der Waals surface area contributed by atoms with Crippen LogP contribution in [0.1, 0.15) is 18.7 Å². The van der Waals surface area contributed by atoms with Crippen molar-refractivity contribution in [1.82, 2.24) is 9.78 Å². The van der Waals surface area contributed by atoms with Gasteiger partial charge in [0, 0.05) is 12.1 Å². The van der Waals surface area contributed by atoms with E-state index in [1.165, 1.54) is 4.68 Å². The minimum Gasteiger partial charge on any atom is -0.506 e. The molecule has 8 nitrogen and oxygen atoms in total. The van der Waals surface area contributed by atoms with Crippen LogP contribution < -0.4 is 5.32 Å². The highest BCUT2D eigenvalue weighted by Crippen LogP contribution is 2.28. The van der Waals surface area contributed by atoms with Gasteiger partial charge in [0.05, 0.1) is 27.0 Å². The predicted octanol–water partition coefficient (Wildman–Crippen LogP) is 2.77. The molecule has 1 aromatic heterocycles. The number of carbonyl (C=O) groups excluding carboxylic acids is 1. The summed E-state index contributed by atoms with van der Waals surface area (Å²) in [6, 6.07) is 2.77. The summed E-state index contributed by atoms with van der Waals surface area (Å²) in [5, 5.41) is 27.0. The SMILES string of the molecule is Cc1c(Br)cnn1C(C)C(=O)Nc1cc([N+](=O)[O-])ccc1O. The van der Waals surface area contributed by atoms with Gasteiger partial charge < -0.3 is 10.4 Å². The molecule has 9 heteroatoms. The molecule has 0 fully saturated rings. The lowest BCUT2D eigenvalue weighted by molar-refractivity contribution is -0.384. The van der Waals surface area contributed by atoms with Crippen molar-refractivity contribution in [3.63, 3.8) is 0 Å². The normalized spacial score (nSPS) is 12.0. The Balaban J connectivity index is 2.23. The van der Waals surface area contributed by atoms with Crippen LogP contribution in [0.3, 0.4) is 0 Å². The van der Waals surface area contributed by atoms with E-state index in [-0.39, 0.29) is 17.1 Å². The molecule has 2 N–H and O–H groups in total. The number of phenolic OH excluding ortho intramolecular Hbond substituents is 1.